The van der Waals surface area contributed by atoms with Crippen molar-refractivity contribution in [1.82, 2.24) is 5.32 Å². The van der Waals surface area contributed by atoms with E-state index in [4.69, 9.17) is 23.2 Å². The lowest BCUT2D eigenvalue weighted by Gasteiger charge is -2.11. The van der Waals surface area contributed by atoms with Gasteiger partial charge in [-0.05, 0) is 23.8 Å². The third-order valence-electron chi connectivity index (χ3n) is 2.82. The standard InChI is InChI=1S/C15H13Cl2F2NO/c16-12-6-5-10(7-13(12)17)8-20-9-11-3-1-2-4-14(11)21-15(18)19/h1-7,15,20H,8-9H2. The normalized spacial score (nSPS) is 10.9. The Morgan fingerprint density at radius 3 is 2.48 bits per heavy atom. The van der Waals surface area contributed by atoms with E-state index in [9.17, 15) is 8.78 Å². The fourth-order valence-corrected chi connectivity index (χ4v) is 2.17. The molecule has 0 bridgehead atoms. The van der Waals surface area contributed by atoms with Gasteiger partial charge in [-0.2, -0.15) is 8.78 Å². The van der Waals surface area contributed by atoms with Crippen molar-refractivity contribution >= 4 is 23.2 Å². The van der Waals surface area contributed by atoms with Crippen LogP contribution in [0, 0.1) is 0 Å². The summed E-state index contributed by atoms with van der Waals surface area (Å²) in [5, 5.41) is 4.13. The molecule has 0 aliphatic heterocycles. The van der Waals surface area contributed by atoms with Crippen LogP contribution in [0.1, 0.15) is 11.1 Å². The highest BCUT2D eigenvalue weighted by Gasteiger charge is 2.08. The maximum Gasteiger partial charge on any atom is 0.387 e. The minimum Gasteiger partial charge on any atom is -0.434 e. The third kappa shape index (κ3) is 4.84. The van der Waals surface area contributed by atoms with Gasteiger partial charge in [-0.3, -0.25) is 0 Å². The SMILES string of the molecule is FC(F)Oc1ccccc1CNCc1ccc(Cl)c(Cl)c1. The average molecular weight is 332 g/mol. The molecule has 0 aliphatic rings. The van der Waals surface area contributed by atoms with E-state index in [1.807, 2.05) is 6.07 Å². The summed E-state index contributed by atoms with van der Waals surface area (Å²) < 4.78 is 29.1. The highest BCUT2D eigenvalue weighted by molar-refractivity contribution is 6.42. The van der Waals surface area contributed by atoms with Crippen molar-refractivity contribution in [2.75, 3.05) is 0 Å². The van der Waals surface area contributed by atoms with Crippen LogP contribution in [-0.4, -0.2) is 6.61 Å². The number of hydrogen-bond acceptors (Lipinski definition) is 2. The van der Waals surface area contributed by atoms with Crippen molar-refractivity contribution in [3.05, 3.63) is 63.6 Å². The summed E-state index contributed by atoms with van der Waals surface area (Å²) in [6.07, 6.45) is 0. The summed E-state index contributed by atoms with van der Waals surface area (Å²) in [5.74, 6) is 0.175. The predicted octanol–water partition coefficient (Wildman–Crippen LogP) is 4.88. The Hall–Kier alpha value is -1.36. The summed E-state index contributed by atoms with van der Waals surface area (Å²) in [6, 6.07) is 12.0. The molecule has 0 saturated heterocycles. The lowest BCUT2D eigenvalue weighted by Crippen LogP contribution is -2.14. The van der Waals surface area contributed by atoms with Crippen LogP contribution in [0.4, 0.5) is 8.78 Å². The minimum atomic E-state index is -2.83. The summed E-state index contributed by atoms with van der Waals surface area (Å²) >= 11 is 11.8. The molecule has 1 N–H and O–H groups in total. The van der Waals surface area contributed by atoms with Crippen molar-refractivity contribution in [3.63, 3.8) is 0 Å². The van der Waals surface area contributed by atoms with Crippen molar-refractivity contribution in [1.29, 1.82) is 0 Å². The molecule has 0 radical (unpaired) electrons. The van der Waals surface area contributed by atoms with Gasteiger partial charge >= 0.3 is 6.61 Å². The third-order valence-corrected chi connectivity index (χ3v) is 3.56. The molecule has 0 spiro atoms. The Bertz CT molecular complexity index is 608. The van der Waals surface area contributed by atoms with Crippen LogP contribution in [0.15, 0.2) is 42.5 Å². The van der Waals surface area contributed by atoms with Gasteiger partial charge in [-0.25, -0.2) is 0 Å². The van der Waals surface area contributed by atoms with Gasteiger partial charge < -0.3 is 10.1 Å². The number of ether oxygens (including phenoxy) is 1. The molecular formula is C15H13Cl2F2NO. The monoisotopic (exact) mass is 331 g/mol. The topological polar surface area (TPSA) is 21.3 Å². The first-order valence-electron chi connectivity index (χ1n) is 6.23. The zero-order chi connectivity index (χ0) is 15.2. The second-order valence-electron chi connectivity index (χ2n) is 4.34. The van der Waals surface area contributed by atoms with E-state index in [1.165, 1.54) is 6.07 Å². The smallest absolute Gasteiger partial charge is 0.387 e. The van der Waals surface area contributed by atoms with E-state index in [-0.39, 0.29) is 5.75 Å². The molecule has 112 valence electrons. The van der Waals surface area contributed by atoms with Crippen LogP contribution in [0.3, 0.4) is 0 Å². The van der Waals surface area contributed by atoms with Gasteiger partial charge in [-0.1, -0.05) is 47.5 Å². The van der Waals surface area contributed by atoms with E-state index in [0.29, 0.717) is 28.7 Å². The number of para-hydroxylation sites is 1. The number of benzene rings is 2. The number of halogens is 4. The Kier molecular flexibility index (Phi) is 5.79. The maximum atomic E-state index is 12.3. The molecule has 0 aromatic heterocycles. The Morgan fingerprint density at radius 1 is 1.00 bits per heavy atom. The van der Waals surface area contributed by atoms with Gasteiger partial charge in [0.2, 0.25) is 0 Å². The zero-order valence-electron chi connectivity index (χ0n) is 11.0. The molecule has 6 heteroatoms. The van der Waals surface area contributed by atoms with Crippen molar-refractivity contribution in [3.8, 4) is 5.75 Å². The van der Waals surface area contributed by atoms with Crippen molar-refractivity contribution in [2.45, 2.75) is 19.7 Å². The van der Waals surface area contributed by atoms with Crippen LogP contribution >= 0.6 is 23.2 Å². The molecule has 0 heterocycles. The Balaban J connectivity index is 1.95. The molecule has 2 rings (SSSR count). The van der Waals surface area contributed by atoms with E-state index in [2.05, 4.69) is 10.1 Å². The van der Waals surface area contributed by atoms with E-state index in [0.717, 1.165) is 5.56 Å². The van der Waals surface area contributed by atoms with Crippen LogP contribution in [0.25, 0.3) is 0 Å². The first-order chi connectivity index (χ1) is 10.1. The van der Waals surface area contributed by atoms with E-state index in [1.54, 1.807) is 30.3 Å². The van der Waals surface area contributed by atoms with Crippen molar-refractivity contribution in [2.24, 2.45) is 0 Å². The fourth-order valence-electron chi connectivity index (χ4n) is 1.85. The maximum absolute atomic E-state index is 12.3. The number of hydrogen-bond donors (Lipinski definition) is 1. The largest absolute Gasteiger partial charge is 0.434 e. The lowest BCUT2D eigenvalue weighted by molar-refractivity contribution is -0.0505. The highest BCUT2D eigenvalue weighted by atomic mass is 35.5. The fraction of sp³-hybridized carbons (Fsp3) is 0.200. The summed E-state index contributed by atoms with van der Waals surface area (Å²) in [6.45, 7) is -1.88. The van der Waals surface area contributed by atoms with Crippen LogP contribution in [0.2, 0.25) is 10.0 Å². The van der Waals surface area contributed by atoms with Gasteiger partial charge in [0.25, 0.3) is 0 Å². The zero-order valence-corrected chi connectivity index (χ0v) is 12.5. The quantitative estimate of drug-likeness (QED) is 0.814. The first-order valence-corrected chi connectivity index (χ1v) is 6.99. The van der Waals surface area contributed by atoms with Crippen LogP contribution in [0.5, 0.6) is 5.75 Å². The van der Waals surface area contributed by atoms with Gasteiger partial charge in [0, 0.05) is 18.7 Å². The van der Waals surface area contributed by atoms with E-state index < -0.39 is 6.61 Å². The molecule has 0 aliphatic carbocycles. The number of nitrogens with one attached hydrogen (secondary N) is 1. The molecule has 2 aromatic rings. The van der Waals surface area contributed by atoms with Crippen LogP contribution < -0.4 is 10.1 Å². The van der Waals surface area contributed by atoms with Gasteiger partial charge in [0.15, 0.2) is 0 Å². The summed E-state index contributed by atoms with van der Waals surface area (Å²) in [4.78, 5) is 0. The Morgan fingerprint density at radius 2 is 1.76 bits per heavy atom. The number of alkyl halides is 2. The molecule has 0 unspecified atom stereocenters. The molecule has 0 saturated carbocycles. The summed E-state index contributed by atoms with van der Waals surface area (Å²) in [5.41, 5.74) is 1.62. The molecule has 0 amide bonds. The number of rotatable bonds is 6. The molecule has 2 aromatic carbocycles. The molecule has 2 nitrogen and oxygen atoms in total. The highest BCUT2D eigenvalue weighted by Crippen LogP contribution is 2.23. The van der Waals surface area contributed by atoms with Crippen molar-refractivity contribution < 1.29 is 13.5 Å². The molecule has 0 fully saturated rings. The lowest BCUT2D eigenvalue weighted by atomic mass is 10.2. The van der Waals surface area contributed by atoms with Gasteiger partial charge in [0.1, 0.15) is 5.75 Å². The minimum absolute atomic E-state index is 0.175. The molecular weight excluding hydrogens is 319 g/mol. The van der Waals surface area contributed by atoms with E-state index >= 15 is 0 Å². The molecule has 0 atom stereocenters. The summed E-state index contributed by atoms with van der Waals surface area (Å²) in [7, 11) is 0. The Labute approximate surface area is 131 Å². The second kappa shape index (κ2) is 7.59. The second-order valence-corrected chi connectivity index (χ2v) is 5.15. The first kappa shape index (κ1) is 16.0. The molecule has 21 heavy (non-hydrogen) atoms. The van der Waals surface area contributed by atoms with Gasteiger partial charge in [-0.15, -0.1) is 0 Å². The predicted molar refractivity (Wildman–Crippen MR) is 80.1 cm³/mol. The average Bonchev–Trinajstić information content (AvgIpc) is 2.44. The van der Waals surface area contributed by atoms with Gasteiger partial charge in [0.05, 0.1) is 10.0 Å². The van der Waals surface area contributed by atoms with Crippen LogP contribution in [-0.2, 0) is 13.1 Å².